The van der Waals surface area contributed by atoms with Crippen LogP contribution < -0.4 is 10.6 Å². The normalized spacial score (nSPS) is 23.1. The fourth-order valence-corrected chi connectivity index (χ4v) is 5.71. The summed E-state index contributed by atoms with van der Waals surface area (Å²) in [4.78, 5) is 38.6. The molecule has 0 bridgehead atoms. The van der Waals surface area contributed by atoms with Crippen LogP contribution in [0.4, 0.5) is 10.6 Å². The Kier molecular flexibility index (Phi) is 6.63. The molecule has 4 aromatic rings. The van der Waals surface area contributed by atoms with Crippen LogP contribution in [0.15, 0.2) is 67.0 Å². The molecular formula is C27H26ClN7O4. The molecule has 6 rings (SSSR count). The van der Waals surface area contributed by atoms with Crippen molar-refractivity contribution in [2.75, 3.05) is 18.4 Å². The van der Waals surface area contributed by atoms with Crippen LogP contribution in [0.25, 0.3) is 11.2 Å². The molecule has 39 heavy (non-hydrogen) atoms. The molecule has 4 atom stereocenters. The number of carbonyl (C=O) groups excluding carboxylic acids is 2. The zero-order valence-electron chi connectivity index (χ0n) is 20.7. The lowest BCUT2D eigenvalue weighted by molar-refractivity contribution is -0.128. The van der Waals surface area contributed by atoms with Gasteiger partial charge in [-0.15, -0.1) is 0 Å². The van der Waals surface area contributed by atoms with E-state index in [1.54, 1.807) is 4.57 Å². The molecule has 2 aliphatic rings. The Morgan fingerprint density at radius 1 is 0.974 bits per heavy atom. The molecule has 3 heterocycles. The first-order chi connectivity index (χ1) is 18.9. The van der Waals surface area contributed by atoms with E-state index in [0.717, 1.165) is 16.0 Å². The number of aliphatic hydroxyl groups excluding tert-OH is 2. The Morgan fingerprint density at radius 2 is 1.62 bits per heavy atom. The number of amides is 3. The van der Waals surface area contributed by atoms with Crippen molar-refractivity contribution in [1.82, 2.24) is 29.7 Å². The number of benzene rings is 2. The number of aliphatic hydroxyl groups is 2. The predicted molar refractivity (Wildman–Crippen MR) is 143 cm³/mol. The second-order valence-corrected chi connectivity index (χ2v) is 10.0. The monoisotopic (exact) mass is 547 g/mol. The van der Waals surface area contributed by atoms with Crippen LogP contribution >= 0.6 is 11.6 Å². The topological polar surface area (TPSA) is 146 Å². The van der Waals surface area contributed by atoms with Gasteiger partial charge in [0, 0.05) is 12.5 Å². The standard InChI is InChI=1S/C27H26ClN7O4/c28-26-32-24(29-12-17(15-7-3-1-4-8-15)16-9-5-2-6-10-16)21-25(33-26)34(14-31-21)18-11-19(23(38)22(18)37)35-20(36)13-30-27(35)39/h1-10,14,17-19,22-23,37-38H,11-13H2,(H,30,39)(H,29,32,33)/t18-,19+,22+,23-/m1/s1. The molecule has 200 valence electrons. The average molecular weight is 548 g/mol. The molecule has 0 unspecified atom stereocenters. The van der Waals surface area contributed by atoms with E-state index in [1.807, 2.05) is 36.4 Å². The highest BCUT2D eigenvalue weighted by atomic mass is 35.5. The van der Waals surface area contributed by atoms with Crippen LogP contribution in [0.2, 0.25) is 5.28 Å². The van der Waals surface area contributed by atoms with E-state index in [4.69, 9.17) is 11.6 Å². The SMILES string of the molecule is O=C1CNC(=O)N1[C@H]1C[C@@H](n2cnc3c(NCC(c4ccccc4)c4ccccc4)nc(Cl)nc32)[C@H](O)[C@@H]1O. The summed E-state index contributed by atoms with van der Waals surface area (Å²) < 4.78 is 1.62. The lowest BCUT2D eigenvalue weighted by Crippen LogP contribution is -2.46. The number of nitrogens with one attached hydrogen (secondary N) is 2. The Labute approximate surface area is 228 Å². The van der Waals surface area contributed by atoms with Gasteiger partial charge in [-0.3, -0.25) is 9.69 Å². The van der Waals surface area contributed by atoms with Crippen molar-refractivity contribution in [2.24, 2.45) is 0 Å². The number of halogens is 1. The van der Waals surface area contributed by atoms with Crippen LogP contribution in [-0.4, -0.2) is 77.9 Å². The average Bonchev–Trinajstić information content (AvgIpc) is 3.60. The van der Waals surface area contributed by atoms with Gasteiger partial charge in [-0.05, 0) is 29.1 Å². The Hall–Kier alpha value is -4.06. The zero-order valence-corrected chi connectivity index (χ0v) is 21.4. The predicted octanol–water partition coefficient (Wildman–Crippen LogP) is 2.31. The third-order valence-electron chi connectivity index (χ3n) is 7.46. The lowest BCUT2D eigenvalue weighted by Gasteiger charge is -2.23. The molecule has 1 saturated carbocycles. The quantitative estimate of drug-likeness (QED) is 0.204. The maximum atomic E-state index is 12.2. The summed E-state index contributed by atoms with van der Waals surface area (Å²) in [6, 6.07) is 18.1. The summed E-state index contributed by atoms with van der Waals surface area (Å²) in [6.07, 6.45) is -0.963. The summed E-state index contributed by atoms with van der Waals surface area (Å²) in [5.41, 5.74) is 3.07. The van der Waals surface area contributed by atoms with Gasteiger partial charge in [0.25, 0.3) is 0 Å². The molecule has 1 aliphatic carbocycles. The largest absolute Gasteiger partial charge is 0.388 e. The maximum Gasteiger partial charge on any atom is 0.324 e. The summed E-state index contributed by atoms with van der Waals surface area (Å²) in [7, 11) is 0. The molecule has 4 N–H and O–H groups in total. The first-order valence-corrected chi connectivity index (χ1v) is 13.0. The number of urea groups is 1. The van der Waals surface area contributed by atoms with Crippen molar-refractivity contribution >= 4 is 40.5 Å². The van der Waals surface area contributed by atoms with Gasteiger partial charge in [0.2, 0.25) is 11.2 Å². The van der Waals surface area contributed by atoms with Gasteiger partial charge in [0.15, 0.2) is 17.0 Å². The van der Waals surface area contributed by atoms with Gasteiger partial charge < -0.3 is 25.4 Å². The first kappa shape index (κ1) is 25.2. The Morgan fingerprint density at radius 3 is 2.23 bits per heavy atom. The molecule has 2 aromatic heterocycles. The Balaban J connectivity index is 1.30. The molecule has 1 aliphatic heterocycles. The van der Waals surface area contributed by atoms with Crippen molar-refractivity contribution in [3.8, 4) is 0 Å². The summed E-state index contributed by atoms with van der Waals surface area (Å²) in [6.45, 7) is 0.365. The molecule has 0 radical (unpaired) electrons. The smallest absolute Gasteiger partial charge is 0.324 e. The third kappa shape index (κ3) is 4.58. The number of aromatic nitrogens is 4. The molecule has 2 fully saturated rings. The van der Waals surface area contributed by atoms with E-state index in [9.17, 15) is 19.8 Å². The number of imide groups is 1. The molecule has 2 aromatic carbocycles. The highest BCUT2D eigenvalue weighted by Crippen LogP contribution is 2.37. The minimum absolute atomic E-state index is 0.0126. The first-order valence-electron chi connectivity index (χ1n) is 12.6. The fraction of sp³-hybridized carbons (Fsp3) is 0.296. The van der Waals surface area contributed by atoms with Gasteiger partial charge in [-0.1, -0.05) is 60.7 Å². The van der Waals surface area contributed by atoms with Crippen LogP contribution in [0.3, 0.4) is 0 Å². The summed E-state index contributed by atoms with van der Waals surface area (Å²) >= 11 is 6.32. The Bertz CT molecular complexity index is 1460. The second-order valence-electron chi connectivity index (χ2n) is 9.69. The number of carbonyl (C=O) groups is 2. The molecule has 11 nitrogen and oxygen atoms in total. The van der Waals surface area contributed by atoms with Crippen molar-refractivity contribution in [3.05, 3.63) is 83.4 Å². The number of fused-ring (bicyclic) bond motifs is 1. The van der Waals surface area contributed by atoms with E-state index in [2.05, 4.69) is 49.9 Å². The number of nitrogens with zero attached hydrogens (tertiary/aromatic N) is 5. The number of imidazole rings is 1. The van der Waals surface area contributed by atoms with Gasteiger partial charge >= 0.3 is 6.03 Å². The molecule has 1 saturated heterocycles. The minimum Gasteiger partial charge on any atom is -0.388 e. The molecular weight excluding hydrogens is 522 g/mol. The fourth-order valence-electron chi connectivity index (χ4n) is 5.54. The highest BCUT2D eigenvalue weighted by Gasteiger charge is 2.50. The van der Waals surface area contributed by atoms with Crippen molar-refractivity contribution in [1.29, 1.82) is 0 Å². The van der Waals surface area contributed by atoms with E-state index in [1.165, 1.54) is 6.33 Å². The summed E-state index contributed by atoms with van der Waals surface area (Å²) in [5.74, 6) is 0.00454. The van der Waals surface area contributed by atoms with E-state index in [0.29, 0.717) is 23.5 Å². The highest BCUT2D eigenvalue weighted by molar-refractivity contribution is 6.28. The van der Waals surface area contributed by atoms with Crippen molar-refractivity contribution in [3.63, 3.8) is 0 Å². The summed E-state index contributed by atoms with van der Waals surface area (Å²) in [5, 5.41) is 27.5. The molecule has 3 amide bonds. The van der Waals surface area contributed by atoms with Crippen molar-refractivity contribution in [2.45, 2.75) is 36.6 Å². The van der Waals surface area contributed by atoms with E-state index in [-0.39, 0.29) is 24.2 Å². The number of hydrogen-bond donors (Lipinski definition) is 4. The van der Waals surface area contributed by atoms with Gasteiger partial charge in [-0.2, -0.15) is 9.97 Å². The van der Waals surface area contributed by atoms with Crippen molar-refractivity contribution < 1.29 is 19.8 Å². The van der Waals surface area contributed by atoms with Crippen LogP contribution in [-0.2, 0) is 4.79 Å². The van der Waals surface area contributed by atoms with Gasteiger partial charge in [0.1, 0.15) is 12.2 Å². The maximum absolute atomic E-state index is 12.2. The molecule has 12 heteroatoms. The minimum atomic E-state index is -1.33. The number of anilines is 1. The zero-order chi connectivity index (χ0) is 27.1. The lowest BCUT2D eigenvalue weighted by atomic mass is 9.91. The number of hydrogen-bond acceptors (Lipinski definition) is 8. The van der Waals surface area contributed by atoms with Crippen LogP contribution in [0.5, 0.6) is 0 Å². The van der Waals surface area contributed by atoms with Crippen LogP contribution in [0, 0.1) is 0 Å². The number of rotatable bonds is 7. The van der Waals surface area contributed by atoms with E-state index < -0.39 is 36.2 Å². The second kappa shape index (κ2) is 10.3. The van der Waals surface area contributed by atoms with Gasteiger partial charge in [-0.25, -0.2) is 9.78 Å². The third-order valence-corrected chi connectivity index (χ3v) is 7.63. The van der Waals surface area contributed by atoms with Gasteiger partial charge in [0.05, 0.1) is 25.0 Å². The van der Waals surface area contributed by atoms with Crippen LogP contribution in [0.1, 0.15) is 29.5 Å². The molecule has 0 spiro atoms. The van der Waals surface area contributed by atoms with E-state index >= 15 is 0 Å².